The number of benzene rings is 1. The predicted octanol–water partition coefficient (Wildman–Crippen LogP) is 1.84. The van der Waals surface area contributed by atoms with Crippen molar-refractivity contribution in [3.05, 3.63) is 24.3 Å². The number of hydrogen-bond donors (Lipinski definition) is 2. The number of hydrogen-bond acceptors (Lipinski definition) is 5. The zero-order valence-electron chi connectivity index (χ0n) is 18.2. The van der Waals surface area contributed by atoms with E-state index in [-0.39, 0.29) is 0 Å². The van der Waals surface area contributed by atoms with Gasteiger partial charge in [0.2, 0.25) is 0 Å². The van der Waals surface area contributed by atoms with Crippen LogP contribution in [0.4, 0.5) is 5.69 Å². The zero-order chi connectivity index (χ0) is 20.6. The van der Waals surface area contributed by atoms with E-state index in [0.29, 0.717) is 17.7 Å². The number of ether oxygens (including phenoxy) is 1. The van der Waals surface area contributed by atoms with Gasteiger partial charge in [0.05, 0.1) is 25.4 Å². The van der Waals surface area contributed by atoms with Crippen LogP contribution >= 0.6 is 0 Å². The van der Waals surface area contributed by atoms with Crippen molar-refractivity contribution in [1.29, 1.82) is 0 Å². The van der Waals surface area contributed by atoms with Crippen LogP contribution in [0, 0.1) is 5.92 Å². The zero-order valence-corrected chi connectivity index (χ0v) is 18.2. The first-order valence-electron chi connectivity index (χ1n) is 11.0. The second-order valence-electron chi connectivity index (χ2n) is 8.12. The van der Waals surface area contributed by atoms with Crippen LogP contribution in [0.15, 0.2) is 29.3 Å². The third-order valence-electron chi connectivity index (χ3n) is 5.85. The minimum absolute atomic E-state index is 0.354. The lowest BCUT2D eigenvalue weighted by atomic mass is 10.0. The molecule has 1 unspecified atom stereocenters. The number of nitrogens with one attached hydrogen (secondary N) is 1. The third kappa shape index (κ3) is 5.76. The summed E-state index contributed by atoms with van der Waals surface area (Å²) < 4.78 is 5.52. The van der Waals surface area contributed by atoms with Gasteiger partial charge in [-0.3, -0.25) is 9.89 Å². The highest BCUT2D eigenvalue weighted by Crippen LogP contribution is 2.27. The molecule has 0 bridgehead atoms. The first-order valence-corrected chi connectivity index (χ1v) is 11.0. The highest BCUT2D eigenvalue weighted by atomic mass is 16.5. The Labute approximate surface area is 175 Å². The van der Waals surface area contributed by atoms with Gasteiger partial charge in [-0.05, 0) is 25.0 Å². The second-order valence-corrected chi connectivity index (χ2v) is 8.12. The Hall–Kier alpha value is -1.99. The van der Waals surface area contributed by atoms with E-state index < -0.39 is 0 Å². The normalized spacial score (nSPS) is 20.2. The average molecular weight is 404 g/mol. The Bertz CT molecular complexity index is 652. The summed E-state index contributed by atoms with van der Waals surface area (Å²) in [5.41, 5.74) is 0.918. The van der Waals surface area contributed by atoms with E-state index in [0.717, 1.165) is 77.2 Å². The van der Waals surface area contributed by atoms with E-state index in [1.165, 1.54) is 0 Å². The monoisotopic (exact) mass is 403 g/mol. The fourth-order valence-electron chi connectivity index (χ4n) is 4.15. The number of guanidine groups is 1. The number of aromatic hydroxyl groups is 1. The van der Waals surface area contributed by atoms with Crippen molar-refractivity contribution in [3.8, 4) is 5.75 Å². The van der Waals surface area contributed by atoms with Crippen molar-refractivity contribution < 1.29 is 9.84 Å². The molecule has 3 rings (SSSR count). The van der Waals surface area contributed by atoms with Crippen LogP contribution in [-0.2, 0) is 4.74 Å². The van der Waals surface area contributed by atoms with Gasteiger partial charge in [0.15, 0.2) is 5.96 Å². The van der Waals surface area contributed by atoms with Crippen LogP contribution in [0.25, 0.3) is 0 Å². The minimum atomic E-state index is 0.354. The maximum absolute atomic E-state index is 10.1. The molecule has 7 heteroatoms. The molecule has 2 N–H and O–H groups in total. The molecule has 2 heterocycles. The fraction of sp³-hybridized carbons (Fsp3) is 0.682. The van der Waals surface area contributed by atoms with Crippen molar-refractivity contribution in [2.24, 2.45) is 10.9 Å². The molecule has 1 atom stereocenters. The summed E-state index contributed by atoms with van der Waals surface area (Å²) in [6, 6.07) is 8.02. The first kappa shape index (κ1) is 21.7. The maximum atomic E-state index is 10.1. The predicted molar refractivity (Wildman–Crippen MR) is 119 cm³/mol. The maximum Gasteiger partial charge on any atom is 0.194 e. The Kier molecular flexibility index (Phi) is 8.00. The van der Waals surface area contributed by atoms with Crippen LogP contribution in [-0.4, -0.2) is 92.5 Å². The number of nitrogens with zero attached hydrogens (tertiary/aromatic N) is 4. The van der Waals surface area contributed by atoms with Crippen molar-refractivity contribution in [2.45, 2.75) is 26.8 Å². The van der Waals surface area contributed by atoms with Gasteiger partial charge < -0.3 is 25.0 Å². The molecule has 1 aromatic carbocycles. The van der Waals surface area contributed by atoms with Crippen molar-refractivity contribution in [2.75, 3.05) is 70.5 Å². The fourth-order valence-corrected chi connectivity index (χ4v) is 4.15. The van der Waals surface area contributed by atoms with E-state index in [2.05, 4.69) is 40.8 Å². The van der Waals surface area contributed by atoms with Gasteiger partial charge in [-0.15, -0.1) is 0 Å². The van der Waals surface area contributed by atoms with E-state index in [4.69, 9.17) is 9.73 Å². The van der Waals surface area contributed by atoms with Crippen LogP contribution in [0.5, 0.6) is 5.75 Å². The van der Waals surface area contributed by atoms with Gasteiger partial charge in [-0.25, -0.2) is 0 Å². The number of phenols is 1. The van der Waals surface area contributed by atoms with Crippen LogP contribution in [0.3, 0.4) is 0 Å². The molecule has 0 spiro atoms. The summed E-state index contributed by atoms with van der Waals surface area (Å²) in [4.78, 5) is 12.1. The number of rotatable bonds is 6. The molecular formula is C22H37N5O2. The molecular weight excluding hydrogens is 366 g/mol. The van der Waals surface area contributed by atoms with Gasteiger partial charge in [0, 0.05) is 51.9 Å². The molecule has 2 aliphatic heterocycles. The van der Waals surface area contributed by atoms with E-state index in [1.54, 1.807) is 6.07 Å². The molecule has 0 aliphatic carbocycles. The minimum Gasteiger partial charge on any atom is -0.506 e. The topological polar surface area (TPSA) is 63.6 Å². The smallest absolute Gasteiger partial charge is 0.194 e. The Morgan fingerprint density at radius 3 is 2.41 bits per heavy atom. The molecule has 7 nitrogen and oxygen atoms in total. The van der Waals surface area contributed by atoms with E-state index >= 15 is 0 Å². The molecule has 2 aliphatic rings. The summed E-state index contributed by atoms with van der Waals surface area (Å²) in [5, 5.41) is 13.6. The van der Waals surface area contributed by atoms with Crippen LogP contribution in [0.1, 0.15) is 20.8 Å². The van der Waals surface area contributed by atoms with Gasteiger partial charge >= 0.3 is 0 Å². The highest BCUT2D eigenvalue weighted by Gasteiger charge is 2.25. The van der Waals surface area contributed by atoms with E-state index in [1.807, 2.05) is 18.2 Å². The number of phenolic OH excluding ortho intramolecular Hbond substituents is 1. The number of para-hydroxylation sites is 2. The van der Waals surface area contributed by atoms with Gasteiger partial charge in [-0.2, -0.15) is 0 Å². The number of morpholine rings is 1. The lowest BCUT2D eigenvalue weighted by Gasteiger charge is -2.39. The van der Waals surface area contributed by atoms with Crippen molar-refractivity contribution >= 4 is 11.6 Å². The highest BCUT2D eigenvalue weighted by molar-refractivity contribution is 5.80. The van der Waals surface area contributed by atoms with E-state index in [9.17, 15) is 5.11 Å². The molecule has 0 saturated carbocycles. The lowest BCUT2D eigenvalue weighted by Crippen LogP contribution is -2.53. The SMILES string of the molecule is CCNC(=NCC(C(C)C)N1CCOCC1)N1CCN(c2ccccc2O)CC1. The Morgan fingerprint density at radius 2 is 1.79 bits per heavy atom. The molecule has 1 aromatic rings. The number of piperazine rings is 1. The van der Waals surface area contributed by atoms with Gasteiger partial charge in [0.1, 0.15) is 5.75 Å². The molecule has 0 radical (unpaired) electrons. The van der Waals surface area contributed by atoms with Crippen molar-refractivity contribution in [3.63, 3.8) is 0 Å². The van der Waals surface area contributed by atoms with Crippen LogP contribution in [0.2, 0.25) is 0 Å². The summed E-state index contributed by atoms with van der Waals surface area (Å²) in [6.07, 6.45) is 0. The van der Waals surface area contributed by atoms with Gasteiger partial charge in [0.25, 0.3) is 0 Å². The summed E-state index contributed by atoms with van der Waals surface area (Å²) in [7, 11) is 0. The summed E-state index contributed by atoms with van der Waals surface area (Å²) in [5.74, 6) is 1.91. The quantitative estimate of drug-likeness (QED) is 0.558. The number of aliphatic imine (C=N–C) groups is 1. The Balaban J connectivity index is 1.62. The molecule has 162 valence electrons. The third-order valence-corrected chi connectivity index (χ3v) is 5.85. The summed E-state index contributed by atoms with van der Waals surface area (Å²) >= 11 is 0. The summed E-state index contributed by atoms with van der Waals surface area (Å²) in [6.45, 7) is 15.5. The molecule has 2 fully saturated rings. The standard InChI is InChI=1S/C22H37N5O2/c1-4-23-22(24-17-20(18(2)3)26-13-15-29-16-14-26)27-11-9-25(10-12-27)19-7-5-6-8-21(19)28/h5-8,18,20,28H,4,9-17H2,1-3H3,(H,23,24). The second kappa shape index (κ2) is 10.7. The molecule has 0 aromatic heterocycles. The largest absolute Gasteiger partial charge is 0.506 e. The molecule has 2 saturated heterocycles. The average Bonchev–Trinajstić information content (AvgIpc) is 2.74. The number of anilines is 1. The lowest BCUT2D eigenvalue weighted by molar-refractivity contribution is 0.00862. The van der Waals surface area contributed by atoms with Crippen molar-refractivity contribution in [1.82, 2.24) is 15.1 Å². The molecule has 29 heavy (non-hydrogen) atoms. The first-order chi connectivity index (χ1) is 14.1. The van der Waals surface area contributed by atoms with Crippen LogP contribution < -0.4 is 10.2 Å². The Morgan fingerprint density at radius 1 is 1.10 bits per heavy atom. The van der Waals surface area contributed by atoms with Gasteiger partial charge in [-0.1, -0.05) is 26.0 Å². The molecule has 0 amide bonds.